The second-order valence-corrected chi connectivity index (χ2v) is 7.31. The molecule has 2 amide bonds. The van der Waals surface area contributed by atoms with Gasteiger partial charge in [-0.1, -0.05) is 19.0 Å². The Bertz CT molecular complexity index is 1110. The maximum Gasteiger partial charge on any atom is 0.271 e. The van der Waals surface area contributed by atoms with Crippen LogP contribution in [0.25, 0.3) is 11.1 Å². The summed E-state index contributed by atoms with van der Waals surface area (Å²) in [7, 11) is 0. The monoisotopic (exact) mass is 456 g/mol. The molecule has 1 aromatic carbocycles. The molecule has 0 saturated carbocycles. The van der Waals surface area contributed by atoms with Crippen LogP contribution in [0.15, 0.2) is 28.9 Å². The summed E-state index contributed by atoms with van der Waals surface area (Å²) in [6.45, 7) is 10.6. The molecular formula is C23H28N4O6. The summed E-state index contributed by atoms with van der Waals surface area (Å²) >= 11 is 0. The van der Waals surface area contributed by atoms with Gasteiger partial charge in [0.25, 0.3) is 17.5 Å². The number of aromatic nitrogens is 2. The van der Waals surface area contributed by atoms with Crippen molar-refractivity contribution in [2.24, 2.45) is 0 Å². The SMILES string of the molecule is CCOc1cc(C(=O)NNC(=O)c2cnc3onc(C(C)C)c3c2)cc(OCC)c1OCC. The first-order chi connectivity index (χ1) is 15.9. The Labute approximate surface area is 191 Å². The fourth-order valence-corrected chi connectivity index (χ4v) is 3.17. The molecule has 33 heavy (non-hydrogen) atoms. The van der Waals surface area contributed by atoms with Crippen molar-refractivity contribution in [3.8, 4) is 17.2 Å². The Kier molecular flexibility index (Phi) is 7.70. The number of nitrogens with zero attached hydrogens (tertiary/aromatic N) is 2. The van der Waals surface area contributed by atoms with Crippen molar-refractivity contribution in [1.29, 1.82) is 0 Å². The molecule has 0 spiro atoms. The van der Waals surface area contributed by atoms with Gasteiger partial charge < -0.3 is 18.7 Å². The van der Waals surface area contributed by atoms with Crippen LogP contribution < -0.4 is 25.1 Å². The van der Waals surface area contributed by atoms with E-state index in [2.05, 4.69) is 21.0 Å². The third-order valence-electron chi connectivity index (χ3n) is 4.63. The van der Waals surface area contributed by atoms with Crippen molar-refractivity contribution >= 4 is 22.9 Å². The van der Waals surface area contributed by atoms with Gasteiger partial charge in [0, 0.05) is 11.8 Å². The number of rotatable bonds is 9. The molecule has 0 bridgehead atoms. The van der Waals surface area contributed by atoms with Crippen LogP contribution in [0.1, 0.15) is 66.9 Å². The molecule has 2 heterocycles. The van der Waals surface area contributed by atoms with Crippen molar-refractivity contribution in [2.75, 3.05) is 19.8 Å². The molecule has 0 saturated heterocycles. The van der Waals surface area contributed by atoms with Gasteiger partial charge in [-0.25, -0.2) is 4.98 Å². The largest absolute Gasteiger partial charge is 0.490 e. The van der Waals surface area contributed by atoms with Crippen molar-refractivity contribution in [2.45, 2.75) is 40.5 Å². The summed E-state index contributed by atoms with van der Waals surface area (Å²) in [5, 5.41) is 4.65. The Balaban J connectivity index is 1.79. The zero-order valence-electron chi connectivity index (χ0n) is 19.4. The highest BCUT2D eigenvalue weighted by Crippen LogP contribution is 2.39. The molecule has 10 nitrogen and oxygen atoms in total. The molecule has 2 N–H and O–H groups in total. The number of pyridine rings is 1. The van der Waals surface area contributed by atoms with Gasteiger partial charge in [-0.15, -0.1) is 0 Å². The molecule has 0 unspecified atom stereocenters. The molecule has 0 atom stereocenters. The van der Waals surface area contributed by atoms with E-state index in [0.717, 1.165) is 0 Å². The summed E-state index contributed by atoms with van der Waals surface area (Å²) in [6.07, 6.45) is 1.36. The highest BCUT2D eigenvalue weighted by Gasteiger charge is 2.20. The van der Waals surface area contributed by atoms with Crippen molar-refractivity contribution < 1.29 is 28.3 Å². The smallest absolute Gasteiger partial charge is 0.271 e. The van der Waals surface area contributed by atoms with Gasteiger partial charge in [0.2, 0.25) is 5.75 Å². The van der Waals surface area contributed by atoms with Gasteiger partial charge in [0.1, 0.15) is 0 Å². The van der Waals surface area contributed by atoms with Crippen LogP contribution in [-0.4, -0.2) is 41.8 Å². The van der Waals surface area contributed by atoms with E-state index in [1.807, 2.05) is 34.6 Å². The van der Waals surface area contributed by atoms with E-state index in [1.165, 1.54) is 18.3 Å². The highest BCUT2D eigenvalue weighted by atomic mass is 16.5. The van der Waals surface area contributed by atoms with Gasteiger partial charge in [0.05, 0.1) is 36.5 Å². The summed E-state index contributed by atoms with van der Waals surface area (Å²) < 4.78 is 22.1. The molecule has 3 aromatic rings. The molecule has 0 aliphatic heterocycles. The van der Waals surface area contributed by atoms with Gasteiger partial charge in [0.15, 0.2) is 11.5 Å². The van der Waals surface area contributed by atoms with E-state index in [9.17, 15) is 9.59 Å². The van der Waals surface area contributed by atoms with Gasteiger partial charge in [-0.3, -0.25) is 20.4 Å². The highest BCUT2D eigenvalue weighted by molar-refractivity contribution is 6.00. The minimum atomic E-state index is -0.546. The zero-order valence-corrected chi connectivity index (χ0v) is 19.4. The number of benzene rings is 1. The number of hydrazine groups is 1. The maximum absolute atomic E-state index is 12.8. The zero-order chi connectivity index (χ0) is 24.0. The normalized spacial score (nSPS) is 10.8. The van der Waals surface area contributed by atoms with Crippen LogP contribution in [-0.2, 0) is 0 Å². The fraction of sp³-hybridized carbons (Fsp3) is 0.391. The molecular weight excluding hydrogens is 428 g/mol. The van der Waals surface area contributed by atoms with E-state index in [1.54, 1.807) is 6.07 Å². The van der Waals surface area contributed by atoms with Gasteiger partial charge in [-0.05, 0) is 44.9 Å². The van der Waals surface area contributed by atoms with E-state index in [4.69, 9.17) is 18.7 Å². The molecule has 0 radical (unpaired) electrons. The predicted octanol–water partition coefficient (Wildman–Crippen LogP) is 3.62. The molecule has 0 aliphatic rings. The average Bonchev–Trinajstić information content (AvgIpc) is 3.23. The number of carbonyl (C=O) groups excluding carboxylic acids is 2. The number of nitrogens with one attached hydrogen (secondary N) is 2. The van der Waals surface area contributed by atoms with E-state index in [-0.39, 0.29) is 17.0 Å². The molecule has 2 aromatic heterocycles. The topological polar surface area (TPSA) is 125 Å². The lowest BCUT2D eigenvalue weighted by Gasteiger charge is -2.17. The summed E-state index contributed by atoms with van der Waals surface area (Å²) in [6, 6.07) is 4.71. The molecule has 10 heteroatoms. The number of amides is 2. The summed E-state index contributed by atoms with van der Waals surface area (Å²) in [5.74, 6) is 0.209. The van der Waals surface area contributed by atoms with Crippen LogP contribution >= 0.6 is 0 Å². The van der Waals surface area contributed by atoms with Crippen LogP contribution in [0.2, 0.25) is 0 Å². The Hall–Kier alpha value is -3.82. The third kappa shape index (κ3) is 5.33. The Morgan fingerprint density at radius 1 is 0.909 bits per heavy atom. The number of carbonyl (C=O) groups is 2. The van der Waals surface area contributed by atoms with E-state index >= 15 is 0 Å². The number of ether oxygens (including phenoxy) is 3. The number of hydrogen-bond donors (Lipinski definition) is 2. The second-order valence-electron chi connectivity index (χ2n) is 7.31. The quantitative estimate of drug-likeness (QED) is 0.468. The predicted molar refractivity (Wildman–Crippen MR) is 121 cm³/mol. The lowest BCUT2D eigenvalue weighted by atomic mass is 10.1. The van der Waals surface area contributed by atoms with Crippen LogP contribution in [0.5, 0.6) is 17.2 Å². The van der Waals surface area contributed by atoms with Crippen molar-refractivity contribution in [3.05, 3.63) is 41.2 Å². The van der Waals surface area contributed by atoms with Crippen LogP contribution in [0.4, 0.5) is 0 Å². The minimum Gasteiger partial charge on any atom is -0.490 e. The van der Waals surface area contributed by atoms with E-state index < -0.39 is 11.8 Å². The van der Waals surface area contributed by atoms with Gasteiger partial charge >= 0.3 is 0 Å². The first kappa shape index (κ1) is 23.8. The lowest BCUT2D eigenvalue weighted by Crippen LogP contribution is -2.41. The number of fused-ring (bicyclic) bond motifs is 1. The van der Waals surface area contributed by atoms with Crippen LogP contribution in [0.3, 0.4) is 0 Å². The molecule has 0 aliphatic carbocycles. The molecule has 176 valence electrons. The Morgan fingerprint density at radius 3 is 2.03 bits per heavy atom. The molecule has 0 fully saturated rings. The Morgan fingerprint density at radius 2 is 1.48 bits per heavy atom. The summed E-state index contributed by atoms with van der Waals surface area (Å²) in [4.78, 5) is 29.5. The maximum atomic E-state index is 12.8. The van der Waals surface area contributed by atoms with Gasteiger partial charge in [-0.2, -0.15) is 0 Å². The third-order valence-corrected chi connectivity index (χ3v) is 4.63. The van der Waals surface area contributed by atoms with E-state index in [0.29, 0.717) is 53.9 Å². The molecule has 3 rings (SSSR count). The fourth-order valence-electron chi connectivity index (χ4n) is 3.17. The first-order valence-corrected chi connectivity index (χ1v) is 10.8. The first-order valence-electron chi connectivity index (χ1n) is 10.8. The standard InChI is InChI=1S/C23H28N4O6/c1-6-30-17-10-14(11-18(31-7-2)20(17)32-8-3)21(28)25-26-22(29)15-9-16-19(13(4)5)27-33-23(16)24-12-15/h9-13H,6-8H2,1-5H3,(H,25,28)(H,26,29). The minimum absolute atomic E-state index is 0.102. The van der Waals surface area contributed by atoms with Crippen molar-refractivity contribution in [1.82, 2.24) is 21.0 Å². The number of hydrogen-bond acceptors (Lipinski definition) is 8. The lowest BCUT2D eigenvalue weighted by molar-refractivity contribution is 0.0846. The average molecular weight is 456 g/mol. The van der Waals surface area contributed by atoms with Crippen molar-refractivity contribution in [3.63, 3.8) is 0 Å². The second kappa shape index (κ2) is 10.7. The summed E-state index contributed by atoms with van der Waals surface area (Å²) in [5.41, 5.74) is 6.36. The van der Waals surface area contributed by atoms with Crippen LogP contribution in [0, 0.1) is 0 Å².